The molecule has 6 nitrogen and oxygen atoms in total. The van der Waals surface area contributed by atoms with E-state index < -0.39 is 12.7 Å². The van der Waals surface area contributed by atoms with Gasteiger partial charge in [0.15, 0.2) is 0 Å². The molecule has 0 fully saturated rings. The van der Waals surface area contributed by atoms with Crippen LogP contribution in [0.4, 0.5) is 13.2 Å². The molecule has 0 saturated heterocycles. The Morgan fingerprint density at radius 3 is 2.81 bits per heavy atom. The van der Waals surface area contributed by atoms with Crippen LogP contribution in [0.1, 0.15) is 35.6 Å². The van der Waals surface area contributed by atoms with Crippen molar-refractivity contribution in [2.45, 2.75) is 38.1 Å². The molecular weight excluding hydrogens is 419 g/mol. The van der Waals surface area contributed by atoms with E-state index in [2.05, 4.69) is 16.3 Å². The molecule has 162 valence electrons. The van der Waals surface area contributed by atoms with Gasteiger partial charge < -0.3 is 4.74 Å². The van der Waals surface area contributed by atoms with Crippen molar-refractivity contribution in [1.82, 2.24) is 19.6 Å². The average molecular weight is 437 g/mol. The molecule has 0 saturated carbocycles. The number of rotatable bonds is 4. The number of nitrogens with zero attached hydrogens (tertiary/aromatic N) is 5. The average Bonchev–Trinajstić information content (AvgIpc) is 3.38. The summed E-state index contributed by atoms with van der Waals surface area (Å²) in [6.45, 7) is -1.16. The third-order valence-corrected chi connectivity index (χ3v) is 5.56. The van der Waals surface area contributed by atoms with E-state index in [1.807, 2.05) is 30.3 Å². The zero-order valence-electron chi connectivity index (χ0n) is 16.9. The minimum atomic E-state index is -4.35. The number of benzene rings is 2. The summed E-state index contributed by atoms with van der Waals surface area (Å²) in [5.74, 6) is 0.643. The summed E-state index contributed by atoms with van der Waals surface area (Å²) >= 11 is 0. The molecule has 1 aliphatic rings. The first-order valence-corrected chi connectivity index (χ1v) is 10.2. The Kier molecular flexibility index (Phi) is 4.85. The maximum Gasteiger partial charge on any atom is 0.408 e. The largest absolute Gasteiger partial charge is 0.486 e. The lowest BCUT2D eigenvalue weighted by Gasteiger charge is -2.26. The lowest BCUT2D eigenvalue weighted by molar-refractivity contribution is -0.142. The van der Waals surface area contributed by atoms with E-state index in [1.165, 1.54) is 12.4 Å². The highest BCUT2D eigenvalue weighted by atomic mass is 19.4. The lowest BCUT2D eigenvalue weighted by atomic mass is 9.88. The quantitative estimate of drug-likeness (QED) is 0.445. The summed E-state index contributed by atoms with van der Waals surface area (Å²) in [5.41, 5.74) is 4.00. The van der Waals surface area contributed by atoms with E-state index in [0.717, 1.165) is 40.5 Å². The van der Waals surface area contributed by atoms with Gasteiger partial charge in [0.25, 0.3) is 0 Å². The van der Waals surface area contributed by atoms with Crippen LogP contribution in [0.5, 0.6) is 5.75 Å². The van der Waals surface area contributed by atoms with Crippen LogP contribution in [0.25, 0.3) is 16.6 Å². The van der Waals surface area contributed by atoms with Gasteiger partial charge in [-0.05, 0) is 54.7 Å². The molecule has 0 aliphatic heterocycles. The Morgan fingerprint density at radius 1 is 1.12 bits per heavy atom. The van der Waals surface area contributed by atoms with Gasteiger partial charge in [0.1, 0.15) is 24.1 Å². The molecule has 1 aliphatic carbocycles. The SMILES string of the molecule is N#Cc1ccc2c(c1)CCCC2Oc1ccc2cnn(-c3cnn(CC(F)(F)F)c3)c2c1. The Balaban J connectivity index is 1.44. The fourth-order valence-corrected chi connectivity index (χ4v) is 4.14. The molecule has 1 atom stereocenters. The number of aryl methyl sites for hydroxylation is 1. The van der Waals surface area contributed by atoms with E-state index in [4.69, 9.17) is 10.00 Å². The van der Waals surface area contributed by atoms with Gasteiger partial charge in [0, 0.05) is 11.5 Å². The first-order chi connectivity index (χ1) is 15.4. The predicted octanol–water partition coefficient (Wildman–Crippen LogP) is 5.11. The maximum atomic E-state index is 12.7. The minimum absolute atomic E-state index is 0.130. The Bertz CT molecular complexity index is 1330. The molecule has 0 radical (unpaired) electrons. The smallest absolute Gasteiger partial charge is 0.408 e. The van der Waals surface area contributed by atoms with Gasteiger partial charge in [0.05, 0.1) is 35.7 Å². The normalized spacial score (nSPS) is 16.0. The lowest BCUT2D eigenvalue weighted by Crippen LogP contribution is -2.17. The molecule has 5 rings (SSSR count). The van der Waals surface area contributed by atoms with Crippen LogP contribution in [0.3, 0.4) is 0 Å². The summed E-state index contributed by atoms with van der Waals surface area (Å²) in [6, 6.07) is 13.4. The monoisotopic (exact) mass is 437 g/mol. The fourth-order valence-electron chi connectivity index (χ4n) is 4.14. The third-order valence-electron chi connectivity index (χ3n) is 5.56. The van der Waals surface area contributed by atoms with E-state index >= 15 is 0 Å². The van der Waals surface area contributed by atoms with E-state index in [0.29, 0.717) is 22.5 Å². The van der Waals surface area contributed by atoms with Crippen LogP contribution in [0, 0.1) is 11.3 Å². The summed E-state index contributed by atoms with van der Waals surface area (Å²) in [5, 5.41) is 18.1. The van der Waals surface area contributed by atoms with Crippen molar-refractivity contribution < 1.29 is 17.9 Å². The molecule has 0 spiro atoms. The Morgan fingerprint density at radius 2 is 2.00 bits per heavy atom. The van der Waals surface area contributed by atoms with Crippen LogP contribution in [-0.2, 0) is 13.0 Å². The first kappa shape index (κ1) is 20.1. The van der Waals surface area contributed by atoms with Gasteiger partial charge in [-0.15, -0.1) is 0 Å². The molecule has 2 aromatic heterocycles. The number of hydrogen-bond donors (Lipinski definition) is 0. The Hall–Kier alpha value is -3.80. The third kappa shape index (κ3) is 3.91. The van der Waals surface area contributed by atoms with Gasteiger partial charge in [-0.25, -0.2) is 4.68 Å². The second-order valence-electron chi connectivity index (χ2n) is 7.81. The molecule has 0 amide bonds. The van der Waals surface area contributed by atoms with Crippen LogP contribution in [0.2, 0.25) is 0 Å². The summed E-state index contributed by atoms with van der Waals surface area (Å²) in [6.07, 6.45) is 2.59. The highest BCUT2D eigenvalue weighted by Gasteiger charge is 2.28. The molecule has 9 heteroatoms. The van der Waals surface area contributed by atoms with Crippen LogP contribution < -0.4 is 4.74 Å². The van der Waals surface area contributed by atoms with Crippen LogP contribution >= 0.6 is 0 Å². The number of halogens is 3. The number of aromatic nitrogens is 4. The summed E-state index contributed by atoms with van der Waals surface area (Å²) in [4.78, 5) is 0. The highest BCUT2D eigenvalue weighted by Crippen LogP contribution is 2.35. The number of hydrogen-bond acceptors (Lipinski definition) is 4. The van der Waals surface area contributed by atoms with E-state index in [-0.39, 0.29) is 6.10 Å². The summed E-state index contributed by atoms with van der Waals surface area (Å²) < 4.78 is 46.7. The zero-order chi connectivity index (χ0) is 22.3. The zero-order valence-corrected chi connectivity index (χ0v) is 16.9. The van der Waals surface area contributed by atoms with Crippen molar-refractivity contribution in [1.29, 1.82) is 5.26 Å². The van der Waals surface area contributed by atoms with E-state index in [9.17, 15) is 13.2 Å². The Labute approximate surface area is 181 Å². The summed E-state index contributed by atoms with van der Waals surface area (Å²) in [7, 11) is 0. The van der Waals surface area contributed by atoms with Crippen molar-refractivity contribution in [3.63, 3.8) is 0 Å². The molecule has 2 heterocycles. The van der Waals surface area contributed by atoms with Crippen molar-refractivity contribution in [3.05, 3.63) is 71.7 Å². The van der Waals surface area contributed by atoms with Gasteiger partial charge in [-0.1, -0.05) is 6.07 Å². The molecule has 32 heavy (non-hydrogen) atoms. The molecule has 1 unspecified atom stereocenters. The number of fused-ring (bicyclic) bond motifs is 2. The number of ether oxygens (including phenoxy) is 1. The second kappa shape index (κ2) is 7.71. The minimum Gasteiger partial charge on any atom is -0.486 e. The molecular formula is C23H18F3N5O. The van der Waals surface area contributed by atoms with Crippen molar-refractivity contribution >= 4 is 10.9 Å². The second-order valence-corrected chi connectivity index (χ2v) is 7.81. The molecule has 0 bridgehead atoms. The molecule has 4 aromatic rings. The highest BCUT2D eigenvalue weighted by molar-refractivity contribution is 5.81. The maximum absolute atomic E-state index is 12.7. The number of nitriles is 1. The first-order valence-electron chi connectivity index (χ1n) is 10.2. The van der Waals surface area contributed by atoms with Crippen LogP contribution in [-0.4, -0.2) is 25.7 Å². The fraction of sp³-hybridized carbons (Fsp3) is 0.261. The standard InChI is InChI=1S/C23H18F3N5O/c24-23(25,26)14-30-13-18(12-28-30)31-21-9-19(6-5-17(21)11-29-31)32-22-3-1-2-16-8-15(10-27)4-7-20(16)22/h4-9,11-13,22H,1-3,14H2. The van der Waals surface area contributed by atoms with Crippen LogP contribution in [0.15, 0.2) is 55.0 Å². The topological polar surface area (TPSA) is 68.7 Å². The van der Waals surface area contributed by atoms with Crippen molar-refractivity contribution in [2.75, 3.05) is 0 Å². The number of alkyl halides is 3. The predicted molar refractivity (Wildman–Crippen MR) is 110 cm³/mol. The van der Waals surface area contributed by atoms with Gasteiger partial charge in [-0.2, -0.15) is 28.6 Å². The van der Waals surface area contributed by atoms with E-state index in [1.54, 1.807) is 16.9 Å². The van der Waals surface area contributed by atoms with Gasteiger partial charge >= 0.3 is 6.18 Å². The molecule has 2 aromatic carbocycles. The molecule has 0 N–H and O–H groups in total. The van der Waals surface area contributed by atoms with Gasteiger partial charge in [0.2, 0.25) is 0 Å². The van der Waals surface area contributed by atoms with Gasteiger partial charge in [-0.3, -0.25) is 4.68 Å². The van der Waals surface area contributed by atoms with Crippen molar-refractivity contribution in [3.8, 4) is 17.5 Å². The van der Waals surface area contributed by atoms with Crippen molar-refractivity contribution in [2.24, 2.45) is 0 Å².